The molecular formula is C22H29N3O4S. The fourth-order valence-corrected chi connectivity index (χ4v) is 5.51. The minimum absolute atomic E-state index is 0.214. The molecule has 0 bridgehead atoms. The molecule has 0 saturated carbocycles. The molecule has 1 aliphatic heterocycles. The molecule has 1 amide bonds. The summed E-state index contributed by atoms with van der Waals surface area (Å²) in [5.41, 5.74) is 1.18. The third kappa shape index (κ3) is 5.17. The third-order valence-corrected chi connectivity index (χ3v) is 7.01. The summed E-state index contributed by atoms with van der Waals surface area (Å²) in [7, 11) is -3.56. The molecule has 2 unspecified atom stereocenters. The Morgan fingerprint density at radius 3 is 2.47 bits per heavy atom. The Bertz CT molecular complexity index is 966. The van der Waals surface area contributed by atoms with Crippen molar-refractivity contribution in [1.82, 2.24) is 14.6 Å². The van der Waals surface area contributed by atoms with E-state index in [4.69, 9.17) is 4.74 Å². The molecule has 1 aromatic heterocycles. The highest BCUT2D eigenvalue weighted by Gasteiger charge is 2.31. The van der Waals surface area contributed by atoms with Crippen molar-refractivity contribution in [3.8, 4) is 5.88 Å². The monoisotopic (exact) mass is 431 g/mol. The zero-order valence-corrected chi connectivity index (χ0v) is 18.5. The van der Waals surface area contributed by atoms with Gasteiger partial charge in [-0.3, -0.25) is 4.79 Å². The van der Waals surface area contributed by atoms with Crippen LogP contribution in [0, 0.1) is 11.8 Å². The number of aromatic nitrogens is 1. The Morgan fingerprint density at radius 2 is 1.83 bits per heavy atom. The van der Waals surface area contributed by atoms with Gasteiger partial charge in [0.25, 0.3) is 5.91 Å². The van der Waals surface area contributed by atoms with Gasteiger partial charge in [-0.2, -0.15) is 4.31 Å². The summed E-state index contributed by atoms with van der Waals surface area (Å²) in [4.78, 5) is 16.9. The van der Waals surface area contributed by atoms with Crippen molar-refractivity contribution in [1.29, 1.82) is 0 Å². The van der Waals surface area contributed by atoms with Crippen molar-refractivity contribution in [2.24, 2.45) is 11.8 Å². The van der Waals surface area contributed by atoms with E-state index in [1.807, 2.05) is 13.0 Å². The van der Waals surface area contributed by atoms with Crippen LogP contribution in [-0.2, 0) is 16.6 Å². The second-order valence-electron chi connectivity index (χ2n) is 7.88. The summed E-state index contributed by atoms with van der Waals surface area (Å²) in [5.74, 6) is 0.877. The fraction of sp³-hybridized carbons (Fsp3) is 0.455. The van der Waals surface area contributed by atoms with Gasteiger partial charge in [0.2, 0.25) is 15.9 Å². The van der Waals surface area contributed by atoms with Gasteiger partial charge in [-0.15, -0.1) is 0 Å². The van der Waals surface area contributed by atoms with E-state index in [9.17, 15) is 13.2 Å². The summed E-state index contributed by atoms with van der Waals surface area (Å²) < 4.78 is 33.0. The summed E-state index contributed by atoms with van der Waals surface area (Å²) in [5, 5.41) is 2.83. The minimum atomic E-state index is -3.56. The molecule has 1 saturated heterocycles. The molecule has 7 nitrogen and oxygen atoms in total. The van der Waals surface area contributed by atoms with Crippen LogP contribution < -0.4 is 10.1 Å². The van der Waals surface area contributed by atoms with Crippen molar-refractivity contribution >= 4 is 15.9 Å². The van der Waals surface area contributed by atoms with Crippen LogP contribution >= 0.6 is 0 Å². The Morgan fingerprint density at radius 1 is 1.17 bits per heavy atom. The Balaban J connectivity index is 1.67. The second-order valence-corrected chi connectivity index (χ2v) is 9.81. The first kappa shape index (κ1) is 22.2. The van der Waals surface area contributed by atoms with E-state index in [-0.39, 0.29) is 17.3 Å². The number of carbonyl (C=O) groups is 1. The van der Waals surface area contributed by atoms with Crippen molar-refractivity contribution in [3.05, 3.63) is 53.7 Å². The van der Waals surface area contributed by atoms with E-state index < -0.39 is 10.0 Å². The maximum Gasteiger partial charge on any atom is 0.251 e. The number of sulfonamides is 1. The fourth-order valence-electron chi connectivity index (χ4n) is 3.83. The van der Waals surface area contributed by atoms with E-state index >= 15 is 0 Å². The number of piperidine rings is 1. The van der Waals surface area contributed by atoms with Gasteiger partial charge < -0.3 is 10.1 Å². The number of amides is 1. The SMILES string of the molecule is CCOc1ncccc1CNC(=O)c1ccc(S(=O)(=O)N2CC(C)CC(C)C2)cc1. The molecule has 0 radical (unpaired) electrons. The average molecular weight is 432 g/mol. The summed E-state index contributed by atoms with van der Waals surface area (Å²) in [6.07, 6.45) is 2.67. The highest BCUT2D eigenvalue weighted by Crippen LogP contribution is 2.26. The zero-order chi connectivity index (χ0) is 21.7. The lowest BCUT2D eigenvalue weighted by Crippen LogP contribution is -2.42. The Kier molecular flexibility index (Phi) is 7.10. The molecule has 0 spiro atoms. The van der Waals surface area contributed by atoms with Crippen LogP contribution in [0.4, 0.5) is 0 Å². The maximum atomic E-state index is 13.0. The van der Waals surface area contributed by atoms with Gasteiger partial charge in [0.15, 0.2) is 0 Å². The molecule has 1 aliphatic rings. The summed E-state index contributed by atoms with van der Waals surface area (Å²) >= 11 is 0. The van der Waals surface area contributed by atoms with Gasteiger partial charge in [0.1, 0.15) is 0 Å². The third-order valence-electron chi connectivity index (χ3n) is 5.16. The molecule has 1 N–H and O–H groups in total. The maximum absolute atomic E-state index is 13.0. The van der Waals surface area contributed by atoms with Crippen LogP contribution in [-0.4, -0.2) is 43.3 Å². The number of nitrogens with one attached hydrogen (secondary N) is 1. The second kappa shape index (κ2) is 9.57. The number of rotatable bonds is 7. The molecule has 30 heavy (non-hydrogen) atoms. The number of hydrogen-bond donors (Lipinski definition) is 1. The van der Waals surface area contributed by atoms with Gasteiger partial charge >= 0.3 is 0 Å². The molecule has 1 aromatic carbocycles. The molecule has 2 heterocycles. The highest BCUT2D eigenvalue weighted by atomic mass is 32.2. The quantitative estimate of drug-likeness (QED) is 0.728. The minimum Gasteiger partial charge on any atom is -0.478 e. The van der Waals surface area contributed by atoms with Gasteiger partial charge in [-0.1, -0.05) is 19.9 Å². The predicted molar refractivity (Wildman–Crippen MR) is 115 cm³/mol. The van der Waals surface area contributed by atoms with E-state index in [2.05, 4.69) is 24.1 Å². The molecule has 8 heteroatoms. The number of ether oxygens (including phenoxy) is 1. The predicted octanol–water partition coefficient (Wildman–Crippen LogP) is 3.08. The molecule has 162 valence electrons. The first-order valence-corrected chi connectivity index (χ1v) is 11.7. The van der Waals surface area contributed by atoms with Gasteiger partial charge in [0.05, 0.1) is 11.5 Å². The lowest BCUT2D eigenvalue weighted by molar-refractivity contribution is 0.0950. The van der Waals surface area contributed by atoms with Gasteiger partial charge in [-0.05, 0) is 55.5 Å². The smallest absolute Gasteiger partial charge is 0.251 e. The number of benzene rings is 1. The number of carbonyl (C=O) groups excluding carboxylic acids is 1. The Labute approximate surface area is 178 Å². The molecule has 0 aliphatic carbocycles. The largest absolute Gasteiger partial charge is 0.478 e. The summed E-state index contributed by atoms with van der Waals surface area (Å²) in [6, 6.07) is 9.73. The van der Waals surface area contributed by atoms with E-state index in [1.165, 1.54) is 12.1 Å². The molecular weight excluding hydrogens is 402 g/mol. The van der Waals surface area contributed by atoms with Crippen molar-refractivity contribution in [2.75, 3.05) is 19.7 Å². The van der Waals surface area contributed by atoms with Crippen LogP contribution in [0.15, 0.2) is 47.5 Å². The van der Waals surface area contributed by atoms with Crippen LogP contribution in [0.5, 0.6) is 5.88 Å². The summed E-state index contributed by atoms with van der Waals surface area (Å²) in [6.45, 7) is 7.84. The first-order chi connectivity index (χ1) is 14.3. The highest BCUT2D eigenvalue weighted by molar-refractivity contribution is 7.89. The van der Waals surface area contributed by atoms with Crippen molar-refractivity contribution < 1.29 is 17.9 Å². The van der Waals surface area contributed by atoms with Gasteiger partial charge in [-0.25, -0.2) is 13.4 Å². The van der Waals surface area contributed by atoms with E-state index in [1.54, 1.807) is 28.7 Å². The molecule has 2 atom stereocenters. The van der Waals surface area contributed by atoms with E-state index in [0.717, 1.165) is 12.0 Å². The lowest BCUT2D eigenvalue weighted by atomic mass is 9.94. The number of nitrogens with zero attached hydrogens (tertiary/aromatic N) is 2. The van der Waals surface area contributed by atoms with Crippen LogP contribution in [0.3, 0.4) is 0 Å². The first-order valence-electron chi connectivity index (χ1n) is 10.3. The van der Waals surface area contributed by atoms with Gasteiger partial charge in [0, 0.05) is 37.0 Å². The van der Waals surface area contributed by atoms with Crippen molar-refractivity contribution in [2.45, 2.75) is 38.6 Å². The van der Waals surface area contributed by atoms with E-state index in [0.29, 0.717) is 43.0 Å². The number of pyridine rings is 1. The topological polar surface area (TPSA) is 88.6 Å². The van der Waals surface area contributed by atoms with Crippen LogP contribution in [0.1, 0.15) is 43.1 Å². The zero-order valence-electron chi connectivity index (χ0n) is 17.7. The molecule has 2 aromatic rings. The normalized spacial score (nSPS) is 20.0. The number of hydrogen-bond acceptors (Lipinski definition) is 5. The van der Waals surface area contributed by atoms with Crippen LogP contribution in [0.2, 0.25) is 0 Å². The van der Waals surface area contributed by atoms with Crippen LogP contribution in [0.25, 0.3) is 0 Å². The Hall–Kier alpha value is -2.45. The molecule has 3 rings (SSSR count). The average Bonchev–Trinajstić information content (AvgIpc) is 2.72. The lowest BCUT2D eigenvalue weighted by Gasteiger charge is -2.34. The van der Waals surface area contributed by atoms with Crippen molar-refractivity contribution in [3.63, 3.8) is 0 Å². The standard InChI is InChI=1S/C22H29N3O4S/c1-4-29-22-19(6-5-11-23-22)13-24-21(26)18-7-9-20(10-8-18)30(27,28)25-14-16(2)12-17(3)15-25/h5-11,16-17H,4,12-15H2,1-3H3,(H,24,26). The molecule has 1 fully saturated rings.